The normalized spacial score (nSPS) is 10.5. The SMILES string of the molecule is CCc1c(C(=O)OCC(=O)Nc2ccccc2OC)cnc2ncnn12. The number of carbonyl (C=O) groups excluding carboxylic acids is 2. The number of anilines is 1. The van der Waals surface area contributed by atoms with Gasteiger partial charge in [0.25, 0.3) is 11.7 Å². The number of fused-ring (bicyclic) bond motifs is 1. The minimum Gasteiger partial charge on any atom is -0.495 e. The second kappa shape index (κ2) is 7.60. The number of esters is 1. The van der Waals surface area contributed by atoms with E-state index in [1.807, 2.05) is 6.92 Å². The second-order valence-corrected chi connectivity index (χ2v) is 5.27. The van der Waals surface area contributed by atoms with E-state index < -0.39 is 18.5 Å². The van der Waals surface area contributed by atoms with E-state index in [1.165, 1.54) is 24.1 Å². The minimum atomic E-state index is -0.651. The van der Waals surface area contributed by atoms with Crippen molar-refractivity contribution in [2.45, 2.75) is 13.3 Å². The van der Waals surface area contributed by atoms with Crippen LogP contribution in [0.3, 0.4) is 0 Å². The second-order valence-electron chi connectivity index (χ2n) is 5.27. The van der Waals surface area contributed by atoms with E-state index in [9.17, 15) is 9.59 Å². The van der Waals surface area contributed by atoms with Crippen LogP contribution in [0.25, 0.3) is 5.78 Å². The standard InChI is InChI=1S/C17H17N5O4/c1-3-13-11(8-18-17-19-10-20-22(13)17)16(24)26-9-15(23)21-12-6-4-5-7-14(12)25-2/h4-8,10H,3,9H2,1-2H3,(H,21,23). The monoisotopic (exact) mass is 355 g/mol. The number of hydrogen-bond acceptors (Lipinski definition) is 7. The summed E-state index contributed by atoms with van der Waals surface area (Å²) >= 11 is 0. The van der Waals surface area contributed by atoms with Crippen LogP contribution in [0.5, 0.6) is 5.75 Å². The molecular formula is C17H17N5O4. The Kier molecular flexibility index (Phi) is 5.07. The van der Waals surface area contributed by atoms with Crippen LogP contribution in [0, 0.1) is 0 Å². The highest BCUT2D eigenvalue weighted by molar-refractivity contribution is 5.96. The van der Waals surface area contributed by atoms with Crippen molar-refractivity contribution in [3.05, 3.63) is 48.0 Å². The van der Waals surface area contributed by atoms with Gasteiger partial charge in [-0.1, -0.05) is 19.1 Å². The van der Waals surface area contributed by atoms with E-state index in [2.05, 4.69) is 20.4 Å². The zero-order valence-corrected chi connectivity index (χ0v) is 14.3. The van der Waals surface area contributed by atoms with Crippen molar-refractivity contribution in [2.24, 2.45) is 0 Å². The number of benzene rings is 1. The van der Waals surface area contributed by atoms with Gasteiger partial charge in [-0.25, -0.2) is 14.3 Å². The number of aryl methyl sites for hydroxylation is 1. The zero-order chi connectivity index (χ0) is 18.5. The van der Waals surface area contributed by atoms with Crippen LogP contribution in [0.15, 0.2) is 36.8 Å². The van der Waals surface area contributed by atoms with Gasteiger partial charge in [-0.2, -0.15) is 10.1 Å². The molecule has 0 aliphatic heterocycles. The summed E-state index contributed by atoms with van der Waals surface area (Å²) in [5.74, 6) is -0.216. The molecule has 0 fully saturated rings. The van der Waals surface area contributed by atoms with Gasteiger partial charge >= 0.3 is 5.97 Å². The molecule has 3 aromatic rings. The summed E-state index contributed by atoms with van der Waals surface area (Å²) in [6.45, 7) is 1.44. The van der Waals surface area contributed by atoms with Crippen molar-refractivity contribution in [1.82, 2.24) is 19.6 Å². The summed E-state index contributed by atoms with van der Waals surface area (Å²) in [6.07, 6.45) is 3.26. The largest absolute Gasteiger partial charge is 0.495 e. The molecule has 0 bridgehead atoms. The van der Waals surface area contributed by atoms with E-state index in [-0.39, 0.29) is 5.56 Å². The van der Waals surface area contributed by atoms with Crippen molar-refractivity contribution in [2.75, 3.05) is 19.0 Å². The summed E-state index contributed by atoms with van der Waals surface area (Å²) < 4.78 is 11.7. The molecule has 1 aromatic carbocycles. The van der Waals surface area contributed by atoms with E-state index in [1.54, 1.807) is 24.3 Å². The average molecular weight is 355 g/mol. The van der Waals surface area contributed by atoms with Crippen molar-refractivity contribution in [3.63, 3.8) is 0 Å². The third-order valence-corrected chi connectivity index (χ3v) is 3.68. The molecule has 9 heteroatoms. The topological polar surface area (TPSA) is 108 Å². The molecular weight excluding hydrogens is 338 g/mol. The molecule has 134 valence electrons. The summed E-state index contributed by atoms with van der Waals surface area (Å²) in [5.41, 5.74) is 1.36. The molecule has 0 atom stereocenters. The number of rotatable bonds is 6. The molecule has 0 saturated heterocycles. The van der Waals surface area contributed by atoms with Gasteiger partial charge in [0, 0.05) is 6.20 Å². The third kappa shape index (κ3) is 3.46. The summed E-state index contributed by atoms with van der Waals surface area (Å²) in [6, 6.07) is 6.95. The lowest BCUT2D eigenvalue weighted by Gasteiger charge is -2.11. The van der Waals surface area contributed by atoms with Gasteiger partial charge in [-0.15, -0.1) is 0 Å². The molecule has 0 aliphatic carbocycles. The Bertz CT molecular complexity index is 953. The van der Waals surface area contributed by atoms with E-state index >= 15 is 0 Å². The molecule has 2 aromatic heterocycles. The molecule has 26 heavy (non-hydrogen) atoms. The molecule has 1 amide bonds. The maximum Gasteiger partial charge on any atom is 0.342 e. The van der Waals surface area contributed by atoms with E-state index in [0.717, 1.165) is 0 Å². The van der Waals surface area contributed by atoms with Gasteiger partial charge in [-0.05, 0) is 18.6 Å². The Labute approximate surface area is 149 Å². The lowest BCUT2D eigenvalue weighted by atomic mass is 10.2. The molecule has 0 spiro atoms. The van der Waals surface area contributed by atoms with Crippen LogP contribution in [-0.2, 0) is 16.0 Å². The van der Waals surface area contributed by atoms with Gasteiger partial charge in [0.1, 0.15) is 12.1 Å². The summed E-state index contributed by atoms with van der Waals surface area (Å²) in [5, 5.41) is 6.68. The molecule has 3 rings (SSSR count). The Hall–Kier alpha value is -3.49. The lowest BCUT2D eigenvalue weighted by molar-refractivity contribution is -0.119. The van der Waals surface area contributed by atoms with Gasteiger partial charge in [0.15, 0.2) is 6.61 Å². The van der Waals surface area contributed by atoms with Gasteiger partial charge in [-0.3, -0.25) is 4.79 Å². The number of carbonyl (C=O) groups is 2. The van der Waals surface area contributed by atoms with Crippen LogP contribution in [0.1, 0.15) is 23.0 Å². The summed E-state index contributed by atoms with van der Waals surface area (Å²) in [7, 11) is 1.50. The number of para-hydroxylation sites is 2. The maximum absolute atomic E-state index is 12.3. The van der Waals surface area contributed by atoms with Crippen LogP contribution in [-0.4, -0.2) is 45.2 Å². The Balaban J connectivity index is 1.68. The number of nitrogens with one attached hydrogen (secondary N) is 1. The Morgan fingerprint density at radius 1 is 1.23 bits per heavy atom. The smallest absolute Gasteiger partial charge is 0.342 e. The highest BCUT2D eigenvalue weighted by atomic mass is 16.5. The number of amides is 1. The molecule has 0 aliphatic rings. The number of ether oxygens (including phenoxy) is 2. The van der Waals surface area contributed by atoms with E-state index in [4.69, 9.17) is 9.47 Å². The Morgan fingerprint density at radius 2 is 2.04 bits per heavy atom. The van der Waals surface area contributed by atoms with Crippen LogP contribution >= 0.6 is 0 Å². The van der Waals surface area contributed by atoms with Crippen LogP contribution in [0.2, 0.25) is 0 Å². The predicted octanol–water partition coefficient (Wildman–Crippen LogP) is 1.49. The van der Waals surface area contributed by atoms with Crippen molar-refractivity contribution in [1.29, 1.82) is 0 Å². The molecule has 0 unspecified atom stereocenters. The predicted molar refractivity (Wildman–Crippen MR) is 92.1 cm³/mol. The van der Waals surface area contributed by atoms with E-state index in [0.29, 0.717) is 29.3 Å². The molecule has 1 N–H and O–H groups in total. The fraction of sp³-hybridized carbons (Fsp3) is 0.235. The van der Waals surface area contributed by atoms with Gasteiger partial charge in [0.05, 0.1) is 24.1 Å². The molecule has 0 radical (unpaired) electrons. The number of methoxy groups -OCH3 is 1. The minimum absolute atomic E-state index is 0.246. The first-order valence-electron chi connectivity index (χ1n) is 7.91. The number of hydrogen-bond donors (Lipinski definition) is 1. The van der Waals surface area contributed by atoms with Crippen LogP contribution < -0.4 is 10.1 Å². The highest BCUT2D eigenvalue weighted by Gasteiger charge is 2.18. The maximum atomic E-state index is 12.3. The van der Waals surface area contributed by atoms with Crippen molar-refractivity contribution in [3.8, 4) is 5.75 Å². The van der Waals surface area contributed by atoms with Gasteiger partial charge in [0.2, 0.25) is 0 Å². The average Bonchev–Trinajstić information content (AvgIpc) is 3.14. The third-order valence-electron chi connectivity index (χ3n) is 3.68. The first kappa shape index (κ1) is 17.3. The molecule has 2 heterocycles. The van der Waals surface area contributed by atoms with Gasteiger partial charge < -0.3 is 14.8 Å². The fourth-order valence-corrected chi connectivity index (χ4v) is 2.48. The first-order valence-corrected chi connectivity index (χ1v) is 7.91. The zero-order valence-electron chi connectivity index (χ0n) is 14.3. The van der Waals surface area contributed by atoms with Crippen molar-refractivity contribution >= 4 is 23.3 Å². The molecule has 9 nitrogen and oxygen atoms in total. The van der Waals surface area contributed by atoms with Crippen molar-refractivity contribution < 1.29 is 19.1 Å². The van der Waals surface area contributed by atoms with Crippen LogP contribution in [0.4, 0.5) is 5.69 Å². The molecule has 0 saturated carbocycles. The first-order chi connectivity index (χ1) is 12.6. The highest BCUT2D eigenvalue weighted by Crippen LogP contribution is 2.22. The lowest BCUT2D eigenvalue weighted by Crippen LogP contribution is -2.22. The number of aromatic nitrogens is 4. The summed E-state index contributed by atoms with van der Waals surface area (Å²) in [4.78, 5) is 32.4. The Morgan fingerprint density at radius 3 is 2.81 bits per heavy atom. The quantitative estimate of drug-likeness (QED) is 0.667. The number of nitrogens with zero attached hydrogens (tertiary/aromatic N) is 4. The fourth-order valence-electron chi connectivity index (χ4n) is 2.48.